The summed E-state index contributed by atoms with van der Waals surface area (Å²) in [6.07, 6.45) is 11.8. The second-order valence-electron chi connectivity index (χ2n) is 12.2. The smallest absolute Gasteiger partial charge is 0.410 e. The van der Waals surface area contributed by atoms with Crippen LogP contribution >= 0.6 is 0 Å². The molecule has 2 aliphatic heterocycles. The summed E-state index contributed by atoms with van der Waals surface area (Å²) in [5, 5.41) is 0. The molecule has 0 aromatic carbocycles. The van der Waals surface area contributed by atoms with Gasteiger partial charge in [0.1, 0.15) is 12.2 Å². The Morgan fingerprint density at radius 1 is 1.03 bits per heavy atom. The van der Waals surface area contributed by atoms with Crippen LogP contribution in [0.15, 0.2) is 0 Å². The minimum atomic E-state index is -0.508. The first-order valence-electron chi connectivity index (χ1n) is 13.4. The van der Waals surface area contributed by atoms with Crippen LogP contribution in [0.3, 0.4) is 0 Å². The number of amides is 2. The van der Waals surface area contributed by atoms with Crippen molar-refractivity contribution in [2.45, 2.75) is 123 Å². The monoisotopic (exact) mass is 464 g/mol. The van der Waals surface area contributed by atoms with E-state index in [0.29, 0.717) is 19.7 Å². The van der Waals surface area contributed by atoms with Crippen molar-refractivity contribution in [3.8, 4) is 0 Å². The lowest BCUT2D eigenvalue weighted by atomic mass is 9.72. The zero-order valence-corrected chi connectivity index (χ0v) is 22.0. The molecule has 0 radical (unpaired) electrons. The van der Waals surface area contributed by atoms with Crippen LogP contribution in [0.1, 0.15) is 106 Å². The summed E-state index contributed by atoms with van der Waals surface area (Å²) < 4.78 is 11.4. The maximum absolute atomic E-state index is 13.1. The molecule has 3 fully saturated rings. The van der Waals surface area contributed by atoms with Gasteiger partial charge in [0.2, 0.25) is 0 Å². The molecule has 0 N–H and O–H groups in total. The van der Waals surface area contributed by atoms with Crippen LogP contribution < -0.4 is 0 Å². The van der Waals surface area contributed by atoms with E-state index in [1.54, 1.807) is 0 Å². The molecule has 0 spiro atoms. The number of cyclic esters (lactones) is 1. The van der Waals surface area contributed by atoms with Gasteiger partial charge < -0.3 is 14.4 Å². The normalized spacial score (nSPS) is 32.1. The highest BCUT2D eigenvalue weighted by atomic mass is 16.6. The quantitative estimate of drug-likeness (QED) is 0.461. The highest BCUT2D eigenvalue weighted by molar-refractivity contribution is 5.71. The van der Waals surface area contributed by atoms with Crippen molar-refractivity contribution in [1.82, 2.24) is 9.80 Å². The number of hydrogen-bond acceptors (Lipinski definition) is 4. The molecule has 0 bridgehead atoms. The van der Waals surface area contributed by atoms with Crippen LogP contribution in [0.2, 0.25) is 0 Å². The van der Waals surface area contributed by atoms with Gasteiger partial charge in [-0.3, -0.25) is 4.90 Å². The first-order valence-corrected chi connectivity index (χ1v) is 13.4. The molecule has 0 aromatic rings. The number of ether oxygens (including phenoxy) is 2. The standard InChI is InChI=1S/C27H48N2O4/c1-20-18-28(24(30)33-26(3,4)5)17-14-22(21(20)2)29-23(19-32-25(29)31)27(6)15-12-10-8-7-9-11-13-16-27/h20-23H,7-19H2,1-6H3. The van der Waals surface area contributed by atoms with Gasteiger partial charge in [-0.05, 0) is 57.3 Å². The fraction of sp³-hybridized carbons (Fsp3) is 0.926. The number of carbonyl (C=O) groups is 2. The van der Waals surface area contributed by atoms with Crippen molar-refractivity contribution in [3.63, 3.8) is 0 Å². The SMILES string of the molecule is CC1CN(C(=O)OC(C)(C)C)CCC(N2C(=O)OCC2C2(C)CCCCCCCCC2)C1C. The molecule has 1 saturated carbocycles. The zero-order valence-electron chi connectivity index (χ0n) is 22.0. The van der Waals surface area contributed by atoms with Gasteiger partial charge in [-0.1, -0.05) is 65.7 Å². The third-order valence-electron chi connectivity index (χ3n) is 8.43. The summed E-state index contributed by atoms with van der Waals surface area (Å²) in [6.45, 7) is 14.3. The maximum Gasteiger partial charge on any atom is 0.410 e. The fourth-order valence-electron chi connectivity index (χ4n) is 6.16. The van der Waals surface area contributed by atoms with Crippen molar-refractivity contribution in [1.29, 1.82) is 0 Å². The van der Waals surface area contributed by atoms with Gasteiger partial charge >= 0.3 is 12.2 Å². The Kier molecular flexibility index (Phi) is 8.60. The van der Waals surface area contributed by atoms with Gasteiger partial charge in [0.25, 0.3) is 0 Å². The van der Waals surface area contributed by atoms with E-state index in [1.807, 2.05) is 25.7 Å². The Morgan fingerprint density at radius 3 is 2.18 bits per heavy atom. The molecule has 3 aliphatic rings. The number of nitrogens with zero attached hydrogens (tertiary/aromatic N) is 2. The molecule has 33 heavy (non-hydrogen) atoms. The number of likely N-dealkylation sites (tertiary alicyclic amines) is 1. The summed E-state index contributed by atoms with van der Waals surface area (Å²) in [4.78, 5) is 29.9. The average Bonchev–Trinajstić information content (AvgIpc) is 3.05. The lowest BCUT2D eigenvalue weighted by molar-refractivity contribution is 0.0233. The van der Waals surface area contributed by atoms with E-state index in [-0.39, 0.29) is 41.5 Å². The van der Waals surface area contributed by atoms with Crippen molar-refractivity contribution in [3.05, 3.63) is 0 Å². The van der Waals surface area contributed by atoms with E-state index >= 15 is 0 Å². The lowest BCUT2D eigenvalue weighted by Gasteiger charge is -2.44. The first kappa shape index (κ1) is 26.2. The number of hydrogen-bond donors (Lipinski definition) is 0. The van der Waals surface area contributed by atoms with E-state index in [4.69, 9.17) is 9.47 Å². The molecule has 2 heterocycles. The second-order valence-corrected chi connectivity index (χ2v) is 12.2. The average molecular weight is 465 g/mol. The maximum atomic E-state index is 13.1. The third-order valence-corrected chi connectivity index (χ3v) is 8.43. The minimum absolute atomic E-state index is 0.0830. The first-order chi connectivity index (χ1) is 15.5. The predicted molar refractivity (Wildman–Crippen MR) is 131 cm³/mol. The zero-order chi connectivity index (χ0) is 24.2. The van der Waals surface area contributed by atoms with Gasteiger partial charge in [-0.25, -0.2) is 9.59 Å². The Hall–Kier alpha value is -1.46. The largest absolute Gasteiger partial charge is 0.447 e. The third kappa shape index (κ3) is 6.57. The lowest BCUT2D eigenvalue weighted by Crippen LogP contribution is -2.53. The van der Waals surface area contributed by atoms with E-state index in [9.17, 15) is 9.59 Å². The van der Waals surface area contributed by atoms with Crippen LogP contribution in [-0.2, 0) is 9.47 Å². The summed E-state index contributed by atoms with van der Waals surface area (Å²) in [5.74, 6) is 0.560. The van der Waals surface area contributed by atoms with Gasteiger partial charge in [0.15, 0.2) is 0 Å². The van der Waals surface area contributed by atoms with Crippen molar-refractivity contribution < 1.29 is 19.1 Å². The molecule has 4 atom stereocenters. The van der Waals surface area contributed by atoms with Crippen molar-refractivity contribution in [2.24, 2.45) is 17.3 Å². The van der Waals surface area contributed by atoms with Crippen molar-refractivity contribution >= 4 is 12.2 Å². The van der Waals surface area contributed by atoms with Gasteiger partial charge in [0, 0.05) is 19.1 Å². The van der Waals surface area contributed by atoms with E-state index in [0.717, 1.165) is 19.3 Å². The second kappa shape index (κ2) is 10.9. The fourth-order valence-corrected chi connectivity index (χ4v) is 6.16. The van der Waals surface area contributed by atoms with Crippen LogP contribution in [-0.4, -0.2) is 59.4 Å². The molecule has 2 amide bonds. The topological polar surface area (TPSA) is 59.1 Å². The molecule has 1 aliphatic carbocycles. The summed E-state index contributed by atoms with van der Waals surface area (Å²) in [5.41, 5.74) is -0.421. The minimum Gasteiger partial charge on any atom is -0.447 e. The predicted octanol–water partition coefficient (Wildman–Crippen LogP) is 6.62. The molecule has 6 nitrogen and oxygen atoms in total. The molecule has 190 valence electrons. The van der Waals surface area contributed by atoms with Gasteiger partial charge in [0.05, 0.1) is 6.04 Å². The Labute approximate surface area is 201 Å². The summed E-state index contributed by atoms with van der Waals surface area (Å²) in [7, 11) is 0. The summed E-state index contributed by atoms with van der Waals surface area (Å²) >= 11 is 0. The summed E-state index contributed by atoms with van der Waals surface area (Å²) in [6, 6.07) is 0.205. The Morgan fingerprint density at radius 2 is 1.61 bits per heavy atom. The Balaban J connectivity index is 1.78. The van der Waals surface area contributed by atoms with Crippen LogP contribution in [0.25, 0.3) is 0 Å². The number of carbonyl (C=O) groups excluding carboxylic acids is 2. The number of rotatable bonds is 2. The van der Waals surface area contributed by atoms with E-state index in [2.05, 4.69) is 25.7 Å². The Bertz CT molecular complexity index is 664. The van der Waals surface area contributed by atoms with Crippen LogP contribution in [0, 0.1) is 17.3 Å². The van der Waals surface area contributed by atoms with Crippen LogP contribution in [0.5, 0.6) is 0 Å². The molecular weight excluding hydrogens is 416 g/mol. The highest BCUT2D eigenvalue weighted by Crippen LogP contribution is 2.43. The van der Waals surface area contributed by atoms with E-state index < -0.39 is 5.60 Å². The van der Waals surface area contributed by atoms with E-state index in [1.165, 1.54) is 44.9 Å². The molecule has 6 heteroatoms. The van der Waals surface area contributed by atoms with Gasteiger partial charge in [-0.15, -0.1) is 0 Å². The molecule has 0 aromatic heterocycles. The van der Waals surface area contributed by atoms with Gasteiger partial charge in [-0.2, -0.15) is 0 Å². The molecule has 4 unspecified atom stereocenters. The highest BCUT2D eigenvalue weighted by Gasteiger charge is 2.49. The van der Waals surface area contributed by atoms with Crippen LogP contribution in [0.4, 0.5) is 9.59 Å². The molecule has 2 saturated heterocycles. The molecule has 3 rings (SSSR count). The molecular formula is C27H48N2O4. The van der Waals surface area contributed by atoms with Crippen molar-refractivity contribution in [2.75, 3.05) is 19.7 Å².